The zero-order chi connectivity index (χ0) is 15.2. The Morgan fingerprint density at radius 2 is 2.05 bits per heavy atom. The summed E-state index contributed by atoms with van der Waals surface area (Å²) in [6.45, 7) is 4.39. The number of carbonyl (C=O) groups excluding carboxylic acids is 2. The second kappa shape index (κ2) is 7.04. The first-order chi connectivity index (χ1) is 10.1. The molecule has 1 heterocycles. The number of benzene rings is 1. The lowest BCUT2D eigenvalue weighted by Gasteiger charge is -2.21. The summed E-state index contributed by atoms with van der Waals surface area (Å²) < 4.78 is 0. The van der Waals surface area contributed by atoms with Gasteiger partial charge in [-0.15, -0.1) is 11.3 Å². The van der Waals surface area contributed by atoms with E-state index < -0.39 is 0 Å². The van der Waals surface area contributed by atoms with Crippen LogP contribution in [0, 0.1) is 6.92 Å². The zero-order valence-electron chi connectivity index (χ0n) is 12.1. The Labute approximate surface area is 128 Å². The zero-order valence-corrected chi connectivity index (χ0v) is 12.9. The third-order valence-electron chi connectivity index (χ3n) is 3.06. The lowest BCUT2D eigenvalue weighted by molar-refractivity contribution is -0.116. The van der Waals surface area contributed by atoms with E-state index in [1.54, 1.807) is 11.0 Å². The van der Waals surface area contributed by atoms with Crippen LogP contribution in [0.25, 0.3) is 0 Å². The molecular formula is C16H18N2O2S. The van der Waals surface area contributed by atoms with Gasteiger partial charge in [0.2, 0.25) is 5.91 Å². The van der Waals surface area contributed by atoms with Crippen molar-refractivity contribution in [1.29, 1.82) is 0 Å². The van der Waals surface area contributed by atoms with Crippen molar-refractivity contribution < 1.29 is 9.59 Å². The number of carbonyl (C=O) groups is 2. The first kappa shape index (κ1) is 15.3. The minimum atomic E-state index is -0.0993. The van der Waals surface area contributed by atoms with Crippen LogP contribution in [0.1, 0.15) is 22.2 Å². The molecular weight excluding hydrogens is 284 g/mol. The summed E-state index contributed by atoms with van der Waals surface area (Å²) in [5, 5.41) is 4.70. The van der Waals surface area contributed by atoms with Gasteiger partial charge in [-0.05, 0) is 36.1 Å². The highest BCUT2D eigenvalue weighted by Crippen LogP contribution is 2.15. The number of thiophene rings is 1. The Morgan fingerprint density at radius 3 is 2.67 bits per heavy atom. The van der Waals surface area contributed by atoms with Crippen LogP contribution in [-0.2, 0) is 4.79 Å². The monoisotopic (exact) mass is 302 g/mol. The summed E-state index contributed by atoms with van der Waals surface area (Å²) in [5.74, 6) is -0.135. The predicted molar refractivity (Wildman–Crippen MR) is 85.9 cm³/mol. The first-order valence-corrected chi connectivity index (χ1v) is 7.62. The van der Waals surface area contributed by atoms with Gasteiger partial charge in [0, 0.05) is 25.7 Å². The molecule has 4 nitrogen and oxygen atoms in total. The van der Waals surface area contributed by atoms with E-state index in [-0.39, 0.29) is 11.8 Å². The lowest BCUT2D eigenvalue weighted by atomic mass is 10.2. The van der Waals surface area contributed by atoms with E-state index in [9.17, 15) is 9.59 Å². The van der Waals surface area contributed by atoms with Gasteiger partial charge in [0.15, 0.2) is 0 Å². The molecule has 0 bridgehead atoms. The molecule has 110 valence electrons. The van der Waals surface area contributed by atoms with E-state index in [0.717, 1.165) is 11.3 Å². The number of hydrogen-bond acceptors (Lipinski definition) is 3. The molecule has 0 aliphatic rings. The molecule has 2 amide bonds. The van der Waals surface area contributed by atoms with Gasteiger partial charge >= 0.3 is 0 Å². The average Bonchev–Trinajstić information content (AvgIpc) is 2.97. The Kier molecular flexibility index (Phi) is 5.11. The SMILES string of the molecule is CC(=O)N(CCNC(=O)c1cccs1)c1cccc(C)c1. The van der Waals surface area contributed by atoms with Crippen molar-refractivity contribution in [2.45, 2.75) is 13.8 Å². The van der Waals surface area contributed by atoms with Gasteiger partial charge in [0.05, 0.1) is 4.88 Å². The molecule has 0 aliphatic carbocycles. The fraction of sp³-hybridized carbons (Fsp3) is 0.250. The summed E-state index contributed by atoms with van der Waals surface area (Å²) in [7, 11) is 0. The van der Waals surface area contributed by atoms with Crippen molar-refractivity contribution in [1.82, 2.24) is 5.32 Å². The predicted octanol–water partition coefficient (Wildman–Crippen LogP) is 2.84. The maximum Gasteiger partial charge on any atom is 0.261 e. The van der Waals surface area contributed by atoms with Crippen LogP contribution in [0.3, 0.4) is 0 Å². The molecule has 0 unspecified atom stereocenters. The van der Waals surface area contributed by atoms with Crippen molar-refractivity contribution in [3.63, 3.8) is 0 Å². The number of nitrogens with zero attached hydrogens (tertiary/aromatic N) is 1. The minimum Gasteiger partial charge on any atom is -0.350 e. The first-order valence-electron chi connectivity index (χ1n) is 6.74. The molecule has 0 spiro atoms. The molecule has 1 aromatic carbocycles. The second-order valence-electron chi connectivity index (χ2n) is 4.74. The maximum atomic E-state index is 11.8. The van der Waals surface area contributed by atoms with Gasteiger partial charge in [-0.2, -0.15) is 0 Å². The molecule has 2 aromatic rings. The van der Waals surface area contributed by atoms with Crippen LogP contribution >= 0.6 is 11.3 Å². The number of aryl methyl sites for hydroxylation is 1. The van der Waals surface area contributed by atoms with Crippen molar-refractivity contribution in [2.24, 2.45) is 0 Å². The quantitative estimate of drug-likeness (QED) is 0.923. The molecule has 1 aromatic heterocycles. The Hall–Kier alpha value is -2.14. The molecule has 0 saturated carbocycles. The Balaban J connectivity index is 1.95. The fourth-order valence-corrected chi connectivity index (χ4v) is 2.68. The van der Waals surface area contributed by atoms with Gasteiger partial charge in [-0.25, -0.2) is 0 Å². The van der Waals surface area contributed by atoms with E-state index in [0.29, 0.717) is 18.0 Å². The minimum absolute atomic E-state index is 0.0361. The van der Waals surface area contributed by atoms with Crippen LogP contribution in [0.4, 0.5) is 5.69 Å². The maximum absolute atomic E-state index is 11.8. The van der Waals surface area contributed by atoms with Crippen LogP contribution in [0.2, 0.25) is 0 Å². The van der Waals surface area contributed by atoms with Crippen LogP contribution < -0.4 is 10.2 Å². The highest BCUT2D eigenvalue weighted by atomic mass is 32.1. The van der Waals surface area contributed by atoms with E-state index in [4.69, 9.17) is 0 Å². The normalized spacial score (nSPS) is 10.2. The molecule has 1 N–H and O–H groups in total. The van der Waals surface area contributed by atoms with Crippen molar-refractivity contribution in [3.05, 3.63) is 52.2 Å². The summed E-state index contributed by atoms with van der Waals surface area (Å²) in [5.41, 5.74) is 1.95. The number of nitrogens with one attached hydrogen (secondary N) is 1. The molecule has 2 rings (SSSR count). The van der Waals surface area contributed by atoms with Gasteiger partial charge in [0.25, 0.3) is 5.91 Å². The third-order valence-corrected chi connectivity index (χ3v) is 3.93. The van der Waals surface area contributed by atoms with Gasteiger partial charge in [0.1, 0.15) is 0 Å². The summed E-state index contributed by atoms with van der Waals surface area (Å²) in [6, 6.07) is 11.4. The molecule has 0 aliphatic heterocycles. The molecule has 0 saturated heterocycles. The molecule has 5 heteroatoms. The summed E-state index contributed by atoms with van der Waals surface area (Å²) in [4.78, 5) is 26.0. The number of hydrogen-bond donors (Lipinski definition) is 1. The van der Waals surface area contributed by atoms with Gasteiger partial charge in [-0.3, -0.25) is 9.59 Å². The van der Waals surface area contributed by atoms with E-state index in [1.807, 2.05) is 42.6 Å². The largest absolute Gasteiger partial charge is 0.350 e. The highest BCUT2D eigenvalue weighted by molar-refractivity contribution is 7.12. The van der Waals surface area contributed by atoms with Gasteiger partial charge < -0.3 is 10.2 Å². The Morgan fingerprint density at radius 1 is 1.24 bits per heavy atom. The summed E-state index contributed by atoms with van der Waals surface area (Å²) >= 11 is 1.40. The van der Waals surface area contributed by atoms with Crippen LogP contribution in [-0.4, -0.2) is 24.9 Å². The third kappa shape index (κ3) is 4.16. The van der Waals surface area contributed by atoms with E-state index >= 15 is 0 Å². The summed E-state index contributed by atoms with van der Waals surface area (Å²) in [6.07, 6.45) is 0. The van der Waals surface area contributed by atoms with E-state index in [1.165, 1.54) is 18.3 Å². The lowest BCUT2D eigenvalue weighted by Crippen LogP contribution is -2.37. The molecule has 0 radical (unpaired) electrons. The number of anilines is 1. The standard InChI is InChI=1S/C16H18N2O2S/c1-12-5-3-6-14(11-12)18(13(2)19)9-8-17-16(20)15-7-4-10-21-15/h3-7,10-11H,8-9H2,1-2H3,(H,17,20). The van der Waals surface area contributed by atoms with Gasteiger partial charge in [-0.1, -0.05) is 18.2 Å². The smallest absolute Gasteiger partial charge is 0.261 e. The van der Waals surface area contributed by atoms with Crippen molar-refractivity contribution in [3.8, 4) is 0 Å². The van der Waals surface area contributed by atoms with Crippen molar-refractivity contribution >= 4 is 28.8 Å². The molecule has 21 heavy (non-hydrogen) atoms. The Bertz CT molecular complexity index is 623. The second-order valence-corrected chi connectivity index (χ2v) is 5.69. The average molecular weight is 302 g/mol. The molecule has 0 atom stereocenters. The highest BCUT2D eigenvalue weighted by Gasteiger charge is 2.12. The van der Waals surface area contributed by atoms with Crippen LogP contribution in [0.15, 0.2) is 41.8 Å². The topological polar surface area (TPSA) is 49.4 Å². The van der Waals surface area contributed by atoms with Crippen molar-refractivity contribution in [2.75, 3.05) is 18.0 Å². The fourth-order valence-electron chi connectivity index (χ4n) is 2.04. The molecule has 0 fully saturated rings. The van der Waals surface area contributed by atoms with E-state index in [2.05, 4.69) is 5.32 Å². The van der Waals surface area contributed by atoms with Crippen LogP contribution in [0.5, 0.6) is 0 Å². The number of rotatable bonds is 5. The number of amides is 2.